The summed E-state index contributed by atoms with van der Waals surface area (Å²) in [6.45, 7) is 1.96. The predicted molar refractivity (Wildman–Crippen MR) is 96.6 cm³/mol. The molecule has 0 bridgehead atoms. The molecule has 0 spiro atoms. The van der Waals surface area contributed by atoms with Gasteiger partial charge in [0.25, 0.3) is 0 Å². The molecule has 11 heteroatoms. The summed E-state index contributed by atoms with van der Waals surface area (Å²) in [5.41, 5.74) is 5.63. The lowest BCUT2D eigenvalue weighted by molar-refractivity contribution is -0.137. The normalized spacial score (nSPS) is 13.2. The van der Waals surface area contributed by atoms with Crippen molar-refractivity contribution in [2.24, 2.45) is 0 Å². The van der Waals surface area contributed by atoms with Crippen LogP contribution in [0.2, 0.25) is 0 Å². The number of nitrogen functional groups attached to an aromatic ring is 1. The first kappa shape index (κ1) is 19.1. The first-order valence-electron chi connectivity index (χ1n) is 8.05. The number of nitrogens with two attached hydrogens (primary N) is 1. The van der Waals surface area contributed by atoms with Crippen LogP contribution in [0.4, 0.5) is 19.0 Å². The maximum atomic E-state index is 12.7. The lowest BCUT2D eigenvalue weighted by Gasteiger charge is -2.09. The Hall–Kier alpha value is -2.69. The van der Waals surface area contributed by atoms with Crippen LogP contribution in [0.15, 0.2) is 34.2 Å². The molecule has 0 fully saturated rings. The number of aromatic amines is 1. The van der Waals surface area contributed by atoms with Crippen LogP contribution in [0.25, 0.3) is 11.2 Å². The lowest BCUT2D eigenvalue weighted by atomic mass is 10.1. The summed E-state index contributed by atoms with van der Waals surface area (Å²) in [4.78, 5) is 23.3. The first-order chi connectivity index (χ1) is 12.7. The smallest absolute Gasteiger partial charge is 0.382 e. The molecule has 0 saturated heterocycles. The van der Waals surface area contributed by atoms with E-state index in [4.69, 9.17) is 10.5 Å². The van der Waals surface area contributed by atoms with E-state index in [0.717, 1.165) is 18.6 Å². The molecule has 144 valence electrons. The van der Waals surface area contributed by atoms with Crippen molar-refractivity contribution in [1.29, 1.82) is 4.78 Å². The van der Waals surface area contributed by atoms with Gasteiger partial charge in [0.1, 0.15) is 5.52 Å². The summed E-state index contributed by atoms with van der Waals surface area (Å²) in [6.07, 6.45) is -3.64. The molecule has 0 aliphatic carbocycles. The van der Waals surface area contributed by atoms with Gasteiger partial charge in [-0.05, 0) is 34.8 Å². The van der Waals surface area contributed by atoms with Gasteiger partial charge in [0.15, 0.2) is 11.5 Å². The Morgan fingerprint density at radius 3 is 2.52 bits per heavy atom. The van der Waals surface area contributed by atoms with Crippen molar-refractivity contribution < 1.29 is 13.2 Å². The number of alkyl halides is 3. The van der Waals surface area contributed by atoms with Gasteiger partial charge in [0.05, 0.1) is 12.1 Å². The molecule has 3 aromatic rings. The van der Waals surface area contributed by atoms with E-state index in [-0.39, 0.29) is 28.7 Å². The van der Waals surface area contributed by atoms with Gasteiger partial charge in [-0.15, -0.1) is 0 Å². The largest absolute Gasteiger partial charge is 0.416 e. The average molecular weight is 398 g/mol. The SMILES string of the molecule is CCCS(=N)c1nc(N)c2[nH]c(=O)n(Cc3ccc(C(F)(F)F)cc3)c2n1. The summed E-state index contributed by atoms with van der Waals surface area (Å²) >= 11 is 0. The highest BCUT2D eigenvalue weighted by Gasteiger charge is 2.30. The summed E-state index contributed by atoms with van der Waals surface area (Å²) in [7, 11) is -0.965. The van der Waals surface area contributed by atoms with Crippen LogP contribution in [0.3, 0.4) is 0 Å². The molecule has 0 amide bonds. The van der Waals surface area contributed by atoms with Gasteiger partial charge in [-0.3, -0.25) is 9.35 Å². The molecule has 0 aliphatic rings. The fraction of sp³-hybridized carbons (Fsp3) is 0.312. The minimum Gasteiger partial charge on any atom is -0.382 e. The third kappa shape index (κ3) is 3.87. The van der Waals surface area contributed by atoms with Crippen LogP contribution in [-0.4, -0.2) is 25.3 Å². The highest BCUT2D eigenvalue weighted by molar-refractivity contribution is 7.85. The van der Waals surface area contributed by atoms with Crippen LogP contribution in [0.5, 0.6) is 0 Å². The molecular formula is C16H17F3N6OS. The molecule has 7 nitrogen and oxygen atoms in total. The van der Waals surface area contributed by atoms with Gasteiger partial charge in [0, 0.05) is 5.75 Å². The quantitative estimate of drug-likeness (QED) is 0.574. The Labute approximate surface area is 154 Å². The standard InChI is InChI=1S/C16H17F3N6OS/c1-2-7-27(21)14-23-12(20)11-13(24-14)25(15(26)22-11)8-9-3-5-10(6-4-9)16(17,18)19/h3-6,21H,2,7-8H2,1H3,(H,22,26)(H2,20,23,24). The van der Waals surface area contributed by atoms with Gasteiger partial charge in [-0.25, -0.2) is 14.8 Å². The van der Waals surface area contributed by atoms with Crippen molar-refractivity contribution in [2.45, 2.75) is 31.2 Å². The van der Waals surface area contributed by atoms with Crippen molar-refractivity contribution in [2.75, 3.05) is 11.5 Å². The van der Waals surface area contributed by atoms with Gasteiger partial charge in [-0.1, -0.05) is 19.1 Å². The second kappa shape index (κ2) is 7.14. The lowest BCUT2D eigenvalue weighted by Crippen LogP contribution is -2.18. The highest BCUT2D eigenvalue weighted by Crippen LogP contribution is 2.29. The number of hydrogen-bond donors (Lipinski definition) is 3. The molecule has 2 heterocycles. The Kier molecular flexibility index (Phi) is 5.05. The number of halogens is 3. The van der Waals surface area contributed by atoms with Crippen molar-refractivity contribution >= 4 is 27.7 Å². The molecule has 1 aromatic carbocycles. The summed E-state index contributed by atoms with van der Waals surface area (Å²) in [5, 5.41) is 0.238. The minimum atomic E-state index is -4.42. The van der Waals surface area contributed by atoms with E-state index in [1.807, 2.05) is 6.92 Å². The van der Waals surface area contributed by atoms with Crippen molar-refractivity contribution in [1.82, 2.24) is 19.5 Å². The van der Waals surface area contributed by atoms with E-state index < -0.39 is 28.1 Å². The van der Waals surface area contributed by atoms with Gasteiger partial charge in [0.2, 0.25) is 5.16 Å². The maximum Gasteiger partial charge on any atom is 0.416 e. The Balaban J connectivity index is 2.02. The zero-order valence-corrected chi connectivity index (χ0v) is 15.1. The number of rotatable bonds is 5. The molecule has 0 aliphatic heterocycles. The molecule has 1 atom stereocenters. The number of nitrogens with one attached hydrogen (secondary N) is 2. The third-order valence-corrected chi connectivity index (χ3v) is 5.32. The Morgan fingerprint density at radius 2 is 1.93 bits per heavy atom. The van der Waals surface area contributed by atoms with Crippen molar-refractivity contribution in [3.8, 4) is 0 Å². The van der Waals surface area contributed by atoms with Gasteiger partial charge in [-0.2, -0.15) is 13.2 Å². The fourth-order valence-electron chi connectivity index (χ4n) is 2.56. The van der Waals surface area contributed by atoms with Crippen LogP contribution < -0.4 is 11.4 Å². The van der Waals surface area contributed by atoms with Gasteiger partial charge < -0.3 is 10.7 Å². The first-order valence-corrected chi connectivity index (χ1v) is 9.44. The number of fused-ring (bicyclic) bond motifs is 1. The van der Waals surface area contributed by atoms with E-state index >= 15 is 0 Å². The fourth-order valence-corrected chi connectivity index (χ4v) is 3.56. The van der Waals surface area contributed by atoms with E-state index in [0.29, 0.717) is 11.3 Å². The summed E-state index contributed by atoms with van der Waals surface area (Å²) < 4.78 is 47.5. The second-order valence-corrected chi connectivity index (χ2v) is 7.45. The number of nitrogens with zero attached hydrogens (tertiary/aromatic N) is 3. The predicted octanol–water partition coefficient (Wildman–Crippen LogP) is 2.92. The molecule has 4 N–H and O–H groups in total. The molecule has 1 unspecified atom stereocenters. The maximum absolute atomic E-state index is 12.7. The van der Waals surface area contributed by atoms with Crippen LogP contribution in [0, 0.1) is 4.78 Å². The third-order valence-electron chi connectivity index (χ3n) is 3.88. The molecule has 27 heavy (non-hydrogen) atoms. The molecule has 0 saturated carbocycles. The van der Waals surface area contributed by atoms with Crippen molar-refractivity contribution in [3.63, 3.8) is 0 Å². The van der Waals surface area contributed by atoms with Gasteiger partial charge >= 0.3 is 11.9 Å². The van der Waals surface area contributed by atoms with Crippen LogP contribution in [0.1, 0.15) is 24.5 Å². The van der Waals surface area contributed by atoms with E-state index in [1.54, 1.807) is 0 Å². The Bertz CT molecular complexity index is 1050. The highest BCUT2D eigenvalue weighted by atomic mass is 32.2. The number of benzene rings is 1. The van der Waals surface area contributed by atoms with E-state index in [1.165, 1.54) is 16.7 Å². The zero-order chi connectivity index (χ0) is 19.8. The zero-order valence-electron chi connectivity index (χ0n) is 14.3. The topological polar surface area (TPSA) is 113 Å². The minimum absolute atomic E-state index is 0.0203. The molecule has 0 radical (unpaired) electrons. The number of anilines is 1. The number of H-pyrrole nitrogens is 1. The average Bonchev–Trinajstić information content (AvgIpc) is 2.91. The molecular weight excluding hydrogens is 381 g/mol. The Morgan fingerprint density at radius 1 is 1.26 bits per heavy atom. The van der Waals surface area contributed by atoms with Crippen LogP contribution >= 0.6 is 0 Å². The van der Waals surface area contributed by atoms with Crippen molar-refractivity contribution in [3.05, 3.63) is 45.9 Å². The van der Waals surface area contributed by atoms with E-state index in [2.05, 4.69) is 15.0 Å². The number of imidazole rings is 1. The van der Waals surface area contributed by atoms with Crippen LogP contribution in [-0.2, 0) is 23.4 Å². The monoisotopic (exact) mass is 398 g/mol. The second-order valence-electron chi connectivity index (χ2n) is 5.90. The molecule has 3 rings (SSSR count). The van der Waals surface area contributed by atoms with E-state index in [9.17, 15) is 18.0 Å². The summed E-state index contributed by atoms with van der Waals surface area (Å²) in [6, 6.07) is 4.55. The number of hydrogen-bond acceptors (Lipinski definition) is 5. The molecule has 2 aromatic heterocycles. The summed E-state index contributed by atoms with van der Waals surface area (Å²) in [5.74, 6) is 0.637. The number of aromatic nitrogens is 4.